The number of carbonyl (C=O) groups excluding carboxylic acids is 2. The van der Waals surface area contributed by atoms with Crippen molar-refractivity contribution < 1.29 is 14.0 Å². The van der Waals surface area contributed by atoms with Gasteiger partial charge in [-0.3, -0.25) is 9.59 Å². The standard InChI is InChI=1S/C20H20ClFN2O2/c1-20(2,3)19(26)24-9-8-12-10-14(5-7-17(12)24)23-18(25)15-6-4-13(22)11-16(15)21/h4-7,10-11H,8-9H2,1-3H3,(H,23,25). The summed E-state index contributed by atoms with van der Waals surface area (Å²) in [5.41, 5.74) is 2.25. The smallest absolute Gasteiger partial charge is 0.257 e. The van der Waals surface area contributed by atoms with Crippen LogP contribution in [0.2, 0.25) is 5.02 Å². The van der Waals surface area contributed by atoms with Crippen molar-refractivity contribution in [3.05, 3.63) is 58.4 Å². The summed E-state index contributed by atoms with van der Waals surface area (Å²) in [6.45, 7) is 6.32. The second kappa shape index (κ2) is 6.72. The first-order valence-corrected chi connectivity index (χ1v) is 8.76. The van der Waals surface area contributed by atoms with Crippen molar-refractivity contribution >= 4 is 34.8 Å². The molecular weight excluding hydrogens is 355 g/mol. The number of carbonyl (C=O) groups is 2. The molecular formula is C20H20ClFN2O2. The Kier molecular flexibility index (Phi) is 4.76. The summed E-state index contributed by atoms with van der Waals surface area (Å²) in [6, 6.07) is 9.11. The molecule has 0 atom stereocenters. The van der Waals surface area contributed by atoms with E-state index in [1.807, 2.05) is 32.9 Å². The lowest BCUT2D eigenvalue weighted by atomic mass is 9.94. The van der Waals surface area contributed by atoms with Gasteiger partial charge < -0.3 is 10.2 Å². The van der Waals surface area contributed by atoms with E-state index in [9.17, 15) is 14.0 Å². The van der Waals surface area contributed by atoms with E-state index in [4.69, 9.17) is 11.6 Å². The fraction of sp³-hybridized carbons (Fsp3) is 0.300. The quantitative estimate of drug-likeness (QED) is 0.830. The number of hydrogen-bond donors (Lipinski definition) is 1. The van der Waals surface area contributed by atoms with Gasteiger partial charge in [-0.1, -0.05) is 32.4 Å². The molecule has 2 amide bonds. The first kappa shape index (κ1) is 18.4. The summed E-state index contributed by atoms with van der Waals surface area (Å²) >= 11 is 5.94. The summed E-state index contributed by atoms with van der Waals surface area (Å²) in [5, 5.41) is 2.83. The molecule has 0 aromatic heterocycles. The number of amides is 2. The minimum atomic E-state index is -0.493. The molecule has 0 spiro atoms. The van der Waals surface area contributed by atoms with Gasteiger partial charge in [-0.25, -0.2) is 4.39 Å². The van der Waals surface area contributed by atoms with Crippen LogP contribution in [0.4, 0.5) is 15.8 Å². The van der Waals surface area contributed by atoms with Crippen molar-refractivity contribution in [3.8, 4) is 0 Å². The molecule has 0 bridgehead atoms. The molecule has 4 nitrogen and oxygen atoms in total. The predicted molar refractivity (Wildman–Crippen MR) is 101 cm³/mol. The number of halogens is 2. The molecule has 0 aliphatic carbocycles. The molecule has 2 aromatic carbocycles. The van der Waals surface area contributed by atoms with Gasteiger partial charge in [0.05, 0.1) is 10.6 Å². The second-order valence-electron chi connectivity index (χ2n) is 7.38. The number of hydrogen-bond acceptors (Lipinski definition) is 2. The third kappa shape index (κ3) is 3.58. The van der Waals surface area contributed by atoms with Crippen molar-refractivity contribution in [1.29, 1.82) is 0 Å². The van der Waals surface area contributed by atoms with Crippen molar-refractivity contribution in [1.82, 2.24) is 0 Å². The van der Waals surface area contributed by atoms with Crippen LogP contribution in [-0.2, 0) is 11.2 Å². The largest absolute Gasteiger partial charge is 0.322 e. The lowest BCUT2D eigenvalue weighted by Crippen LogP contribution is -2.38. The van der Waals surface area contributed by atoms with Crippen LogP contribution in [0.5, 0.6) is 0 Å². The van der Waals surface area contributed by atoms with Gasteiger partial charge in [-0.15, -0.1) is 0 Å². The number of fused-ring (bicyclic) bond motifs is 1. The summed E-state index contributed by atoms with van der Waals surface area (Å²) in [6.07, 6.45) is 0.734. The molecule has 0 unspecified atom stereocenters. The summed E-state index contributed by atoms with van der Waals surface area (Å²) in [5.74, 6) is -0.825. The van der Waals surface area contributed by atoms with Crippen LogP contribution in [0, 0.1) is 11.2 Å². The molecule has 0 saturated carbocycles. The van der Waals surface area contributed by atoms with Gasteiger partial charge in [-0.2, -0.15) is 0 Å². The first-order chi connectivity index (χ1) is 12.2. The molecule has 1 aliphatic rings. The maximum absolute atomic E-state index is 13.1. The lowest BCUT2D eigenvalue weighted by Gasteiger charge is -2.26. The van der Waals surface area contributed by atoms with E-state index in [2.05, 4.69) is 5.32 Å². The number of anilines is 2. The third-order valence-corrected chi connectivity index (χ3v) is 4.61. The van der Waals surface area contributed by atoms with E-state index in [1.54, 1.807) is 11.0 Å². The normalized spacial score (nSPS) is 13.5. The van der Waals surface area contributed by atoms with E-state index in [0.717, 1.165) is 23.7 Å². The summed E-state index contributed by atoms with van der Waals surface area (Å²) in [7, 11) is 0. The van der Waals surface area contributed by atoms with Gasteiger partial charge >= 0.3 is 0 Å². The van der Waals surface area contributed by atoms with Gasteiger partial charge in [-0.05, 0) is 48.4 Å². The van der Waals surface area contributed by atoms with Crippen LogP contribution in [-0.4, -0.2) is 18.4 Å². The van der Waals surface area contributed by atoms with E-state index >= 15 is 0 Å². The predicted octanol–water partition coefficient (Wildman–Crippen LogP) is 4.67. The number of nitrogens with one attached hydrogen (secondary N) is 1. The SMILES string of the molecule is CC(C)(C)C(=O)N1CCc2cc(NC(=O)c3ccc(F)cc3Cl)ccc21. The molecule has 0 radical (unpaired) electrons. The van der Waals surface area contributed by atoms with Crippen molar-refractivity contribution in [2.45, 2.75) is 27.2 Å². The van der Waals surface area contributed by atoms with Crippen LogP contribution in [0.1, 0.15) is 36.7 Å². The fourth-order valence-electron chi connectivity index (χ4n) is 2.97. The van der Waals surface area contributed by atoms with Crippen LogP contribution in [0.25, 0.3) is 0 Å². The topological polar surface area (TPSA) is 49.4 Å². The molecule has 6 heteroatoms. The minimum absolute atomic E-state index is 0.0607. The van der Waals surface area contributed by atoms with Gasteiger partial charge in [0.1, 0.15) is 5.82 Å². The highest BCUT2D eigenvalue weighted by Crippen LogP contribution is 2.33. The highest BCUT2D eigenvalue weighted by Gasteiger charge is 2.32. The molecule has 26 heavy (non-hydrogen) atoms. The number of rotatable bonds is 2. The van der Waals surface area contributed by atoms with Gasteiger partial charge in [0, 0.05) is 23.3 Å². The average Bonchev–Trinajstić information content (AvgIpc) is 2.96. The highest BCUT2D eigenvalue weighted by atomic mass is 35.5. The third-order valence-electron chi connectivity index (χ3n) is 4.30. The second-order valence-corrected chi connectivity index (χ2v) is 7.79. The van der Waals surface area contributed by atoms with Gasteiger partial charge in [0.2, 0.25) is 5.91 Å². The minimum Gasteiger partial charge on any atom is -0.322 e. The van der Waals surface area contributed by atoms with E-state index < -0.39 is 17.1 Å². The van der Waals surface area contributed by atoms with E-state index in [0.29, 0.717) is 12.2 Å². The molecule has 1 aliphatic heterocycles. The molecule has 0 fully saturated rings. The van der Waals surface area contributed by atoms with Crippen LogP contribution >= 0.6 is 11.6 Å². The maximum Gasteiger partial charge on any atom is 0.257 e. The van der Waals surface area contributed by atoms with Crippen molar-refractivity contribution in [3.63, 3.8) is 0 Å². The zero-order chi connectivity index (χ0) is 19.1. The molecule has 1 N–H and O–H groups in total. The average molecular weight is 375 g/mol. The van der Waals surface area contributed by atoms with Gasteiger partial charge in [0.25, 0.3) is 5.91 Å². The summed E-state index contributed by atoms with van der Waals surface area (Å²) in [4.78, 5) is 26.7. The monoisotopic (exact) mass is 374 g/mol. The van der Waals surface area contributed by atoms with Crippen molar-refractivity contribution in [2.24, 2.45) is 5.41 Å². The Bertz CT molecular complexity index is 890. The number of nitrogens with zero attached hydrogens (tertiary/aromatic N) is 1. The Balaban J connectivity index is 1.80. The zero-order valence-corrected chi connectivity index (χ0v) is 15.7. The van der Waals surface area contributed by atoms with Gasteiger partial charge in [0.15, 0.2) is 0 Å². The number of benzene rings is 2. The van der Waals surface area contributed by atoms with Crippen LogP contribution in [0.3, 0.4) is 0 Å². The first-order valence-electron chi connectivity index (χ1n) is 8.38. The summed E-state index contributed by atoms with van der Waals surface area (Å²) < 4.78 is 13.1. The highest BCUT2D eigenvalue weighted by molar-refractivity contribution is 6.34. The molecule has 3 rings (SSSR count). The Morgan fingerprint density at radius 3 is 2.54 bits per heavy atom. The maximum atomic E-state index is 13.1. The van der Waals surface area contributed by atoms with Crippen LogP contribution < -0.4 is 10.2 Å². The zero-order valence-electron chi connectivity index (χ0n) is 14.9. The molecule has 1 heterocycles. The molecule has 2 aromatic rings. The fourth-order valence-corrected chi connectivity index (χ4v) is 3.22. The molecule has 136 valence electrons. The lowest BCUT2D eigenvalue weighted by molar-refractivity contribution is -0.125. The Morgan fingerprint density at radius 1 is 1.15 bits per heavy atom. The van der Waals surface area contributed by atoms with Crippen molar-refractivity contribution in [2.75, 3.05) is 16.8 Å². The van der Waals surface area contributed by atoms with E-state index in [-0.39, 0.29) is 16.5 Å². The Morgan fingerprint density at radius 2 is 1.88 bits per heavy atom. The Labute approximate surface area is 157 Å². The molecule has 0 saturated heterocycles. The Hall–Kier alpha value is -2.40. The van der Waals surface area contributed by atoms with Crippen LogP contribution in [0.15, 0.2) is 36.4 Å². The van der Waals surface area contributed by atoms with E-state index in [1.165, 1.54) is 12.1 Å².